The van der Waals surface area contributed by atoms with E-state index in [1.54, 1.807) is 6.07 Å². The highest BCUT2D eigenvalue weighted by atomic mass is 32.2. The van der Waals surface area contributed by atoms with Crippen molar-refractivity contribution in [1.82, 2.24) is 15.3 Å². The topological polar surface area (TPSA) is 74.8 Å². The molecule has 0 aliphatic heterocycles. The number of hydrogen-bond donors (Lipinski definition) is 2. The molecular weight excluding hydrogens is 318 g/mol. The Bertz CT molecular complexity index is 725. The molecule has 5 nitrogen and oxygen atoms in total. The molecular formula is C15H19N3O2S2. The van der Waals surface area contributed by atoms with Crippen molar-refractivity contribution in [2.24, 2.45) is 5.92 Å². The second kappa shape index (κ2) is 6.83. The minimum Gasteiger partial charge on any atom is -0.352 e. The summed E-state index contributed by atoms with van der Waals surface area (Å²) in [6.07, 6.45) is 4.69. The molecule has 2 aromatic rings. The van der Waals surface area contributed by atoms with E-state index in [4.69, 9.17) is 0 Å². The fraction of sp³-hybridized carbons (Fsp3) is 0.533. The zero-order valence-electron chi connectivity index (χ0n) is 12.4. The highest BCUT2D eigenvalue weighted by Crippen LogP contribution is 2.24. The zero-order chi connectivity index (χ0) is 15.5. The second-order valence-electron chi connectivity index (χ2n) is 5.73. The first kappa shape index (κ1) is 15.6. The average molecular weight is 337 g/mol. The molecule has 0 unspecified atom stereocenters. The number of aromatic amines is 1. The van der Waals surface area contributed by atoms with E-state index in [1.807, 2.05) is 5.38 Å². The number of H-pyrrole nitrogens is 1. The first-order valence-corrected chi connectivity index (χ1v) is 9.39. The third-order valence-corrected chi connectivity index (χ3v) is 5.79. The van der Waals surface area contributed by atoms with Crippen LogP contribution in [0.2, 0.25) is 0 Å². The summed E-state index contributed by atoms with van der Waals surface area (Å²) in [6.45, 7) is 2.20. The monoisotopic (exact) mass is 337 g/mol. The number of amides is 1. The summed E-state index contributed by atoms with van der Waals surface area (Å²) in [4.78, 5) is 31.8. The maximum atomic E-state index is 12.1. The fourth-order valence-corrected chi connectivity index (χ4v) is 4.32. The van der Waals surface area contributed by atoms with Crippen LogP contribution < -0.4 is 10.9 Å². The van der Waals surface area contributed by atoms with Crippen molar-refractivity contribution in [1.29, 1.82) is 0 Å². The van der Waals surface area contributed by atoms with Gasteiger partial charge in [-0.25, -0.2) is 4.98 Å². The van der Waals surface area contributed by atoms with Gasteiger partial charge in [-0.3, -0.25) is 9.59 Å². The highest BCUT2D eigenvalue weighted by Gasteiger charge is 2.22. The van der Waals surface area contributed by atoms with Gasteiger partial charge < -0.3 is 10.3 Å². The Hall–Kier alpha value is -1.34. The first-order valence-electron chi connectivity index (χ1n) is 7.53. The van der Waals surface area contributed by atoms with Gasteiger partial charge in [0.1, 0.15) is 4.83 Å². The fourth-order valence-electron chi connectivity index (χ4n) is 2.83. The average Bonchev–Trinajstić information content (AvgIpc) is 2.97. The van der Waals surface area contributed by atoms with Crippen LogP contribution in [0, 0.1) is 5.92 Å². The lowest BCUT2D eigenvalue weighted by atomic mass is 9.86. The van der Waals surface area contributed by atoms with Gasteiger partial charge in [0.15, 0.2) is 5.16 Å². The van der Waals surface area contributed by atoms with E-state index >= 15 is 0 Å². The van der Waals surface area contributed by atoms with E-state index in [0.717, 1.165) is 6.42 Å². The quantitative estimate of drug-likeness (QED) is 0.664. The molecule has 1 aliphatic rings. The molecule has 0 aromatic carbocycles. The lowest BCUT2D eigenvalue weighted by Crippen LogP contribution is -2.41. The number of carbonyl (C=O) groups excluding carboxylic acids is 1. The largest absolute Gasteiger partial charge is 0.352 e. The minimum absolute atomic E-state index is 0.0117. The van der Waals surface area contributed by atoms with E-state index in [2.05, 4.69) is 22.2 Å². The summed E-state index contributed by atoms with van der Waals surface area (Å²) in [7, 11) is 0. The van der Waals surface area contributed by atoms with Crippen LogP contribution in [0.3, 0.4) is 0 Å². The Morgan fingerprint density at radius 2 is 2.32 bits per heavy atom. The Kier molecular flexibility index (Phi) is 4.83. The number of rotatable bonds is 4. The summed E-state index contributed by atoms with van der Waals surface area (Å²) in [5.74, 6) is 0.837. The van der Waals surface area contributed by atoms with Crippen LogP contribution in [0.25, 0.3) is 10.2 Å². The lowest BCUT2D eigenvalue weighted by molar-refractivity contribution is -0.119. The van der Waals surface area contributed by atoms with Gasteiger partial charge in [0.2, 0.25) is 5.91 Å². The molecule has 2 heterocycles. The van der Waals surface area contributed by atoms with Gasteiger partial charge in [0, 0.05) is 6.04 Å². The molecule has 2 N–H and O–H groups in total. The number of hydrogen-bond acceptors (Lipinski definition) is 5. The summed E-state index contributed by atoms with van der Waals surface area (Å²) in [6, 6.07) is 2.05. The van der Waals surface area contributed by atoms with Crippen LogP contribution >= 0.6 is 23.1 Å². The van der Waals surface area contributed by atoms with Gasteiger partial charge in [0.25, 0.3) is 5.56 Å². The van der Waals surface area contributed by atoms with Crippen molar-refractivity contribution in [2.45, 2.75) is 43.8 Å². The van der Waals surface area contributed by atoms with E-state index in [9.17, 15) is 9.59 Å². The maximum Gasteiger partial charge on any atom is 0.260 e. The summed E-state index contributed by atoms with van der Waals surface area (Å²) in [5.41, 5.74) is -0.143. The lowest BCUT2D eigenvalue weighted by Gasteiger charge is -2.29. The maximum absolute atomic E-state index is 12.1. The highest BCUT2D eigenvalue weighted by molar-refractivity contribution is 7.99. The van der Waals surface area contributed by atoms with Crippen molar-refractivity contribution in [3.8, 4) is 0 Å². The Balaban J connectivity index is 1.58. The smallest absolute Gasteiger partial charge is 0.260 e. The Morgan fingerprint density at radius 3 is 3.14 bits per heavy atom. The van der Waals surface area contributed by atoms with Crippen molar-refractivity contribution >= 4 is 39.2 Å². The third kappa shape index (κ3) is 3.52. The third-order valence-electron chi connectivity index (χ3n) is 4.11. The molecule has 7 heteroatoms. The van der Waals surface area contributed by atoms with E-state index in [-0.39, 0.29) is 23.3 Å². The number of nitrogens with one attached hydrogen (secondary N) is 2. The molecule has 1 saturated carbocycles. The normalized spacial score (nSPS) is 21.9. The van der Waals surface area contributed by atoms with Crippen LogP contribution in [0.1, 0.15) is 32.6 Å². The molecule has 118 valence electrons. The van der Waals surface area contributed by atoms with Crippen LogP contribution in [-0.2, 0) is 4.79 Å². The standard InChI is InChI=1S/C15H19N3O2S2/c1-9-4-2-3-5-11(9)16-12(19)8-22-15-17-13(20)10-6-7-21-14(10)18-15/h6-7,9,11H,2-5,8H2,1H3,(H,16,19)(H,17,18,20)/t9-,11+/m0/s1. The summed E-state index contributed by atoms with van der Waals surface area (Å²) < 4.78 is 0. The van der Waals surface area contributed by atoms with Crippen molar-refractivity contribution in [2.75, 3.05) is 5.75 Å². The number of carbonyl (C=O) groups is 1. The van der Waals surface area contributed by atoms with Crippen LogP contribution in [0.5, 0.6) is 0 Å². The Labute approximate surface area is 136 Å². The molecule has 2 atom stereocenters. The van der Waals surface area contributed by atoms with E-state index in [0.29, 0.717) is 21.3 Å². The zero-order valence-corrected chi connectivity index (χ0v) is 14.1. The summed E-state index contributed by atoms with van der Waals surface area (Å²) >= 11 is 2.71. The minimum atomic E-state index is -0.143. The molecule has 22 heavy (non-hydrogen) atoms. The predicted molar refractivity (Wildman–Crippen MR) is 90.5 cm³/mol. The van der Waals surface area contributed by atoms with Crippen molar-refractivity contribution in [3.63, 3.8) is 0 Å². The van der Waals surface area contributed by atoms with Gasteiger partial charge >= 0.3 is 0 Å². The number of fused-ring (bicyclic) bond motifs is 1. The van der Waals surface area contributed by atoms with Crippen LogP contribution in [0.15, 0.2) is 21.4 Å². The van der Waals surface area contributed by atoms with E-state index in [1.165, 1.54) is 42.4 Å². The van der Waals surface area contributed by atoms with Crippen LogP contribution in [0.4, 0.5) is 0 Å². The number of aromatic nitrogens is 2. The van der Waals surface area contributed by atoms with Gasteiger partial charge in [-0.15, -0.1) is 11.3 Å². The molecule has 3 rings (SSSR count). The van der Waals surface area contributed by atoms with Gasteiger partial charge in [-0.1, -0.05) is 31.5 Å². The number of thiophene rings is 1. The SMILES string of the molecule is C[C@H]1CCCC[C@H]1NC(=O)CSc1nc2sccc2c(=O)[nH]1. The Morgan fingerprint density at radius 1 is 1.50 bits per heavy atom. The summed E-state index contributed by atoms with van der Waals surface area (Å²) in [5, 5.41) is 6.07. The van der Waals surface area contributed by atoms with Gasteiger partial charge in [-0.05, 0) is 30.2 Å². The van der Waals surface area contributed by atoms with Crippen LogP contribution in [-0.4, -0.2) is 27.7 Å². The molecule has 0 saturated heterocycles. The second-order valence-corrected chi connectivity index (χ2v) is 7.59. The van der Waals surface area contributed by atoms with Crippen molar-refractivity contribution < 1.29 is 4.79 Å². The molecule has 1 fully saturated rings. The molecule has 1 amide bonds. The van der Waals surface area contributed by atoms with Crippen molar-refractivity contribution in [3.05, 3.63) is 21.8 Å². The number of nitrogens with zero attached hydrogens (tertiary/aromatic N) is 1. The molecule has 0 radical (unpaired) electrons. The van der Waals surface area contributed by atoms with Gasteiger partial charge in [0.05, 0.1) is 11.1 Å². The van der Waals surface area contributed by atoms with Gasteiger partial charge in [-0.2, -0.15) is 0 Å². The molecule has 0 bridgehead atoms. The molecule has 0 spiro atoms. The molecule has 1 aliphatic carbocycles. The predicted octanol–water partition coefficient (Wildman–Crippen LogP) is 2.77. The first-order chi connectivity index (χ1) is 10.6. The number of thioether (sulfide) groups is 1. The molecule has 2 aromatic heterocycles. The van der Waals surface area contributed by atoms with E-state index < -0.39 is 0 Å².